The van der Waals surface area contributed by atoms with Gasteiger partial charge in [-0.15, -0.1) is 0 Å². The van der Waals surface area contributed by atoms with E-state index >= 15 is 0 Å². The molecule has 0 radical (unpaired) electrons. The number of aryl methyl sites for hydroxylation is 1. The number of ether oxygens (including phenoxy) is 4. The molecule has 0 aliphatic rings. The summed E-state index contributed by atoms with van der Waals surface area (Å²) in [5, 5.41) is 5.35. The van der Waals surface area contributed by atoms with E-state index in [0.29, 0.717) is 17.2 Å². The summed E-state index contributed by atoms with van der Waals surface area (Å²) in [6.07, 6.45) is 2.10. The van der Waals surface area contributed by atoms with Crippen molar-refractivity contribution in [1.82, 2.24) is 0 Å². The predicted molar refractivity (Wildman–Crippen MR) is 157 cm³/mol. The summed E-state index contributed by atoms with van der Waals surface area (Å²) in [5.74, 6) is 2.83. The van der Waals surface area contributed by atoms with E-state index in [-0.39, 0.29) is 0 Å². The molecule has 0 aliphatic carbocycles. The molecule has 5 aromatic carbocycles. The van der Waals surface area contributed by atoms with Gasteiger partial charge in [0.1, 0.15) is 7.05 Å². The predicted octanol–water partition coefficient (Wildman–Crippen LogP) is 7.34. The molecule has 0 aliphatic heterocycles. The second kappa shape index (κ2) is 9.84. The molecule has 0 fully saturated rings. The fourth-order valence-corrected chi connectivity index (χ4v) is 5.68. The molecular weight excluding hydrogens is 486 g/mol. The second-order valence-electron chi connectivity index (χ2n) is 9.49. The maximum Gasteiger partial charge on any atom is 0.220 e. The fourth-order valence-electron chi connectivity index (χ4n) is 5.68. The average Bonchev–Trinajstić information content (AvgIpc) is 2.99. The molecule has 0 spiro atoms. The Morgan fingerprint density at radius 1 is 0.487 bits per heavy atom. The highest BCUT2D eigenvalue weighted by molar-refractivity contribution is 6.18. The third-order valence-electron chi connectivity index (χ3n) is 7.47. The van der Waals surface area contributed by atoms with Crippen LogP contribution in [0.2, 0.25) is 0 Å². The molecule has 6 aromatic rings. The highest BCUT2D eigenvalue weighted by Crippen LogP contribution is 2.46. The molecule has 5 nitrogen and oxygen atoms in total. The maximum absolute atomic E-state index is 5.95. The largest absolute Gasteiger partial charge is 0.493 e. The minimum Gasteiger partial charge on any atom is -0.493 e. The number of hydrogen-bond donors (Lipinski definition) is 0. The zero-order chi connectivity index (χ0) is 27.1. The van der Waals surface area contributed by atoms with Gasteiger partial charge in [-0.2, -0.15) is 4.57 Å². The molecular formula is C34H30NO4+. The van der Waals surface area contributed by atoms with Gasteiger partial charge in [0.15, 0.2) is 29.2 Å². The van der Waals surface area contributed by atoms with E-state index in [0.717, 1.165) is 49.3 Å². The maximum atomic E-state index is 5.95. The Morgan fingerprint density at radius 3 is 1.77 bits per heavy atom. The van der Waals surface area contributed by atoms with Crippen molar-refractivity contribution < 1.29 is 23.5 Å². The normalized spacial score (nSPS) is 11.2. The summed E-state index contributed by atoms with van der Waals surface area (Å²) in [6, 6.07) is 29.5. The molecule has 39 heavy (non-hydrogen) atoms. The van der Waals surface area contributed by atoms with Crippen molar-refractivity contribution in [3.63, 3.8) is 0 Å². The molecule has 0 saturated heterocycles. The lowest BCUT2D eigenvalue weighted by Crippen LogP contribution is -2.28. The van der Waals surface area contributed by atoms with Crippen LogP contribution in [0.1, 0.15) is 0 Å². The molecule has 0 saturated carbocycles. The first-order chi connectivity index (χ1) is 19.1. The van der Waals surface area contributed by atoms with Crippen LogP contribution in [0, 0.1) is 0 Å². The van der Waals surface area contributed by atoms with Gasteiger partial charge >= 0.3 is 0 Å². The number of rotatable bonds is 6. The molecule has 0 atom stereocenters. The Hall–Kier alpha value is -4.77. The molecule has 1 aromatic heterocycles. The Labute approximate surface area is 227 Å². The highest BCUT2D eigenvalue weighted by atomic mass is 16.5. The number of benzene rings is 5. The summed E-state index contributed by atoms with van der Waals surface area (Å²) in [4.78, 5) is 0. The van der Waals surface area contributed by atoms with E-state index < -0.39 is 0 Å². The summed E-state index contributed by atoms with van der Waals surface area (Å²) < 4.78 is 25.3. The second-order valence-corrected chi connectivity index (χ2v) is 9.49. The van der Waals surface area contributed by atoms with Crippen molar-refractivity contribution in [2.24, 2.45) is 7.05 Å². The number of fused-ring (bicyclic) bond motifs is 5. The molecule has 0 unspecified atom stereocenters. The van der Waals surface area contributed by atoms with Crippen LogP contribution in [0.15, 0.2) is 91.1 Å². The third-order valence-corrected chi connectivity index (χ3v) is 7.47. The quantitative estimate of drug-likeness (QED) is 0.172. The van der Waals surface area contributed by atoms with Crippen LogP contribution in [0.25, 0.3) is 54.7 Å². The van der Waals surface area contributed by atoms with Gasteiger partial charge in [-0.1, -0.05) is 60.7 Å². The van der Waals surface area contributed by atoms with Gasteiger partial charge in [0.25, 0.3) is 0 Å². The van der Waals surface area contributed by atoms with Gasteiger partial charge in [0.05, 0.1) is 44.6 Å². The van der Waals surface area contributed by atoms with Crippen molar-refractivity contribution in [2.75, 3.05) is 28.4 Å². The standard InChI is InChI=1S/C34H30NO4/c1-35-20-28-24(17-18-29(36-2)33(28)38-4)26-16-15-25-27(32(26)35)19-30(37-3)34(39-5)31(25)23-13-11-22(12-14-23)21-9-7-6-8-10-21/h6-20H,1-5H3/q+1. The van der Waals surface area contributed by atoms with Gasteiger partial charge in [0.2, 0.25) is 5.52 Å². The van der Waals surface area contributed by atoms with Crippen LogP contribution in [-0.2, 0) is 7.05 Å². The topological polar surface area (TPSA) is 40.8 Å². The van der Waals surface area contributed by atoms with Crippen LogP contribution < -0.4 is 23.5 Å². The Kier molecular flexibility index (Phi) is 6.20. The van der Waals surface area contributed by atoms with Crippen molar-refractivity contribution in [2.45, 2.75) is 0 Å². The molecule has 0 N–H and O–H groups in total. The van der Waals surface area contributed by atoms with Crippen LogP contribution in [0.5, 0.6) is 23.0 Å². The first-order valence-corrected chi connectivity index (χ1v) is 12.8. The van der Waals surface area contributed by atoms with Crippen LogP contribution in [-0.4, -0.2) is 28.4 Å². The molecule has 6 rings (SSSR count). The van der Waals surface area contributed by atoms with Crippen molar-refractivity contribution in [3.8, 4) is 45.3 Å². The van der Waals surface area contributed by atoms with Gasteiger partial charge in [0, 0.05) is 16.3 Å². The first-order valence-electron chi connectivity index (χ1n) is 12.8. The molecule has 1 heterocycles. The smallest absolute Gasteiger partial charge is 0.220 e. The lowest BCUT2D eigenvalue weighted by atomic mass is 9.92. The first kappa shape index (κ1) is 24.6. The van der Waals surface area contributed by atoms with Crippen molar-refractivity contribution in [1.29, 1.82) is 0 Å². The summed E-state index contributed by atoms with van der Waals surface area (Å²) >= 11 is 0. The minimum atomic E-state index is 0.687. The number of hydrogen-bond acceptors (Lipinski definition) is 4. The molecule has 0 amide bonds. The van der Waals surface area contributed by atoms with E-state index in [1.54, 1.807) is 28.4 Å². The number of methoxy groups -OCH3 is 4. The summed E-state index contributed by atoms with van der Waals surface area (Å²) in [6.45, 7) is 0. The SMILES string of the molecule is COc1cc2c(ccc3c4ccc(OC)c(OC)c4c[n+](C)c23)c(-c2ccc(-c3ccccc3)cc2)c1OC. The average molecular weight is 517 g/mol. The van der Waals surface area contributed by atoms with Gasteiger partial charge in [-0.25, -0.2) is 0 Å². The van der Waals surface area contributed by atoms with Crippen molar-refractivity contribution >= 4 is 32.4 Å². The van der Waals surface area contributed by atoms with Crippen LogP contribution >= 0.6 is 0 Å². The highest BCUT2D eigenvalue weighted by Gasteiger charge is 2.24. The van der Waals surface area contributed by atoms with Crippen molar-refractivity contribution in [3.05, 3.63) is 91.1 Å². The summed E-state index contributed by atoms with van der Waals surface area (Å²) in [7, 11) is 8.77. The van der Waals surface area contributed by atoms with Crippen LogP contribution in [0.4, 0.5) is 0 Å². The number of aromatic nitrogens is 1. The monoisotopic (exact) mass is 516 g/mol. The number of nitrogens with zero attached hydrogens (tertiary/aromatic N) is 1. The van der Waals surface area contributed by atoms with Gasteiger partial charge in [-0.3, -0.25) is 0 Å². The summed E-state index contributed by atoms with van der Waals surface area (Å²) in [5.41, 5.74) is 5.50. The van der Waals surface area contributed by atoms with Crippen LogP contribution in [0.3, 0.4) is 0 Å². The van der Waals surface area contributed by atoms with Gasteiger partial charge < -0.3 is 18.9 Å². The fraction of sp³-hybridized carbons (Fsp3) is 0.147. The molecule has 5 heteroatoms. The Morgan fingerprint density at radius 2 is 1.10 bits per heavy atom. The van der Waals surface area contributed by atoms with E-state index in [2.05, 4.69) is 90.6 Å². The van der Waals surface area contributed by atoms with E-state index in [9.17, 15) is 0 Å². The Balaban J connectivity index is 1.66. The van der Waals surface area contributed by atoms with E-state index in [1.165, 1.54) is 11.1 Å². The minimum absolute atomic E-state index is 0.687. The zero-order valence-corrected chi connectivity index (χ0v) is 22.7. The zero-order valence-electron chi connectivity index (χ0n) is 22.7. The van der Waals surface area contributed by atoms with E-state index in [4.69, 9.17) is 18.9 Å². The molecule has 0 bridgehead atoms. The van der Waals surface area contributed by atoms with E-state index in [1.807, 2.05) is 12.1 Å². The Bertz CT molecular complexity index is 1840. The lowest BCUT2D eigenvalue weighted by Gasteiger charge is -2.18. The third kappa shape index (κ3) is 3.89. The lowest BCUT2D eigenvalue weighted by molar-refractivity contribution is -0.642. The van der Waals surface area contributed by atoms with Gasteiger partial charge in [-0.05, 0) is 41.0 Å². The molecule has 194 valence electrons. The number of pyridine rings is 1.